The van der Waals surface area contributed by atoms with Crippen LogP contribution in [0.4, 0.5) is 5.69 Å². The summed E-state index contributed by atoms with van der Waals surface area (Å²) in [5, 5.41) is 20.8. The second-order valence-electron chi connectivity index (χ2n) is 4.65. The Morgan fingerprint density at radius 1 is 1.47 bits per heavy atom. The average Bonchev–Trinajstić information content (AvgIpc) is 2.35. The number of ether oxygens (including phenoxy) is 1. The van der Waals surface area contributed by atoms with Gasteiger partial charge in [0.2, 0.25) is 0 Å². The van der Waals surface area contributed by atoms with E-state index in [0.717, 1.165) is 5.69 Å². The molecular weight excluding hydrogens is 216 g/mol. The number of nitriles is 1. The molecule has 92 valence electrons. The third kappa shape index (κ3) is 4.75. The molecule has 0 saturated carbocycles. The molecule has 0 unspecified atom stereocenters. The zero-order valence-electron chi connectivity index (χ0n) is 10.2. The van der Waals surface area contributed by atoms with E-state index in [-0.39, 0.29) is 18.6 Å². The maximum atomic E-state index is 9.14. The predicted molar refractivity (Wildman–Crippen MR) is 66.9 cm³/mol. The van der Waals surface area contributed by atoms with Crippen molar-refractivity contribution < 1.29 is 9.84 Å². The van der Waals surface area contributed by atoms with Crippen molar-refractivity contribution in [3.8, 4) is 11.8 Å². The Kier molecular flexibility index (Phi) is 4.80. The molecule has 0 saturated heterocycles. The summed E-state index contributed by atoms with van der Waals surface area (Å²) in [6.45, 7) is 4.81. The first-order chi connectivity index (χ1) is 8.07. The molecule has 0 spiro atoms. The van der Waals surface area contributed by atoms with E-state index in [1.54, 1.807) is 6.07 Å². The van der Waals surface area contributed by atoms with Gasteiger partial charge in [-0.1, -0.05) is 19.9 Å². The number of nitrogens with one attached hydrogen (secondary N) is 1. The monoisotopic (exact) mass is 234 g/mol. The highest BCUT2D eigenvalue weighted by Crippen LogP contribution is 2.20. The molecule has 0 aliphatic heterocycles. The maximum absolute atomic E-state index is 9.14. The highest BCUT2D eigenvalue weighted by atomic mass is 16.5. The van der Waals surface area contributed by atoms with Crippen molar-refractivity contribution in [3.05, 3.63) is 24.3 Å². The first-order valence-corrected chi connectivity index (χ1v) is 5.52. The molecule has 0 aliphatic carbocycles. The van der Waals surface area contributed by atoms with Crippen LogP contribution >= 0.6 is 0 Å². The number of anilines is 1. The molecule has 0 radical (unpaired) electrons. The Balaban J connectivity index is 2.57. The van der Waals surface area contributed by atoms with Crippen LogP contribution in [0.2, 0.25) is 0 Å². The van der Waals surface area contributed by atoms with Gasteiger partial charge in [0, 0.05) is 30.3 Å². The summed E-state index contributed by atoms with van der Waals surface area (Å²) >= 11 is 0. The number of hydrogen-bond acceptors (Lipinski definition) is 4. The van der Waals surface area contributed by atoms with Crippen LogP contribution < -0.4 is 10.1 Å². The molecule has 0 heterocycles. The van der Waals surface area contributed by atoms with Gasteiger partial charge in [-0.15, -0.1) is 0 Å². The second kappa shape index (κ2) is 6.12. The molecule has 1 aromatic rings. The highest BCUT2D eigenvalue weighted by molar-refractivity contribution is 5.48. The van der Waals surface area contributed by atoms with Gasteiger partial charge in [0.25, 0.3) is 0 Å². The Morgan fingerprint density at radius 2 is 2.24 bits per heavy atom. The maximum Gasteiger partial charge on any atom is 0.174 e. The molecule has 0 atom stereocenters. The Bertz CT molecular complexity index is 397. The highest BCUT2D eigenvalue weighted by Gasteiger charge is 2.15. The lowest BCUT2D eigenvalue weighted by Gasteiger charge is -2.22. The molecule has 0 bridgehead atoms. The van der Waals surface area contributed by atoms with Gasteiger partial charge in [-0.3, -0.25) is 0 Å². The minimum absolute atomic E-state index is 0.0472. The third-order valence-electron chi connectivity index (χ3n) is 2.34. The molecule has 0 amide bonds. The Morgan fingerprint density at radius 3 is 2.88 bits per heavy atom. The van der Waals surface area contributed by atoms with Crippen LogP contribution in [0, 0.1) is 16.7 Å². The first-order valence-electron chi connectivity index (χ1n) is 5.52. The number of aliphatic hydroxyl groups excluding tert-OH is 1. The predicted octanol–water partition coefficient (Wildman–Crippen LogP) is 2.02. The van der Waals surface area contributed by atoms with Gasteiger partial charge in [0.05, 0.1) is 0 Å². The van der Waals surface area contributed by atoms with Gasteiger partial charge in [-0.05, 0) is 12.1 Å². The van der Waals surface area contributed by atoms with Crippen molar-refractivity contribution in [1.29, 1.82) is 5.26 Å². The van der Waals surface area contributed by atoms with Crippen molar-refractivity contribution in [3.63, 3.8) is 0 Å². The zero-order valence-corrected chi connectivity index (χ0v) is 10.2. The number of benzene rings is 1. The molecule has 17 heavy (non-hydrogen) atoms. The minimum Gasteiger partial charge on any atom is -0.479 e. The van der Waals surface area contributed by atoms with E-state index in [4.69, 9.17) is 15.1 Å². The average molecular weight is 234 g/mol. The van der Waals surface area contributed by atoms with Crippen molar-refractivity contribution in [2.24, 2.45) is 5.41 Å². The normalized spacial score (nSPS) is 10.7. The topological polar surface area (TPSA) is 65.3 Å². The Labute approximate surface area is 102 Å². The van der Waals surface area contributed by atoms with Crippen LogP contribution in [0.25, 0.3) is 0 Å². The number of nitrogens with zero attached hydrogens (tertiary/aromatic N) is 1. The number of hydrogen-bond donors (Lipinski definition) is 2. The standard InChI is InChI=1S/C13H18N2O2/c1-13(2,10-16)9-15-11-4-3-5-12(8-11)17-7-6-14/h3-5,8,15-16H,7,9-10H2,1-2H3. The quantitative estimate of drug-likeness (QED) is 0.790. The van der Waals surface area contributed by atoms with Crippen molar-refractivity contribution in [2.75, 3.05) is 25.1 Å². The summed E-state index contributed by atoms with van der Waals surface area (Å²) in [6, 6.07) is 9.35. The van der Waals surface area contributed by atoms with Crippen LogP contribution in [0.1, 0.15) is 13.8 Å². The van der Waals surface area contributed by atoms with E-state index in [1.165, 1.54) is 0 Å². The van der Waals surface area contributed by atoms with Gasteiger partial charge in [-0.25, -0.2) is 0 Å². The van der Waals surface area contributed by atoms with Crippen LogP contribution in [0.5, 0.6) is 5.75 Å². The first kappa shape index (κ1) is 13.3. The van der Waals surface area contributed by atoms with E-state index < -0.39 is 0 Å². The fourth-order valence-electron chi connectivity index (χ4n) is 1.21. The fourth-order valence-corrected chi connectivity index (χ4v) is 1.21. The van der Waals surface area contributed by atoms with Gasteiger partial charge >= 0.3 is 0 Å². The van der Waals surface area contributed by atoms with Crippen molar-refractivity contribution in [2.45, 2.75) is 13.8 Å². The summed E-state index contributed by atoms with van der Waals surface area (Å²) in [5.74, 6) is 0.665. The third-order valence-corrected chi connectivity index (χ3v) is 2.34. The van der Waals surface area contributed by atoms with E-state index in [9.17, 15) is 0 Å². The zero-order chi connectivity index (χ0) is 12.7. The van der Waals surface area contributed by atoms with E-state index in [1.807, 2.05) is 38.1 Å². The Hall–Kier alpha value is -1.73. The second-order valence-corrected chi connectivity index (χ2v) is 4.65. The van der Waals surface area contributed by atoms with Crippen molar-refractivity contribution >= 4 is 5.69 Å². The number of aliphatic hydroxyl groups is 1. The van der Waals surface area contributed by atoms with Crippen LogP contribution in [0.15, 0.2) is 24.3 Å². The van der Waals surface area contributed by atoms with E-state index in [0.29, 0.717) is 12.3 Å². The smallest absolute Gasteiger partial charge is 0.174 e. The van der Waals surface area contributed by atoms with E-state index in [2.05, 4.69) is 5.32 Å². The lowest BCUT2D eigenvalue weighted by molar-refractivity contribution is 0.171. The van der Waals surface area contributed by atoms with Crippen LogP contribution in [0.3, 0.4) is 0 Å². The molecule has 4 heteroatoms. The lowest BCUT2D eigenvalue weighted by atomic mass is 9.95. The summed E-state index contributed by atoms with van der Waals surface area (Å²) < 4.78 is 5.20. The molecule has 0 fully saturated rings. The molecule has 1 rings (SSSR count). The van der Waals surface area contributed by atoms with Gasteiger partial charge in [0.15, 0.2) is 6.61 Å². The molecule has 1 aromatic carbocycles. The molecule has 0 aliphatic rings. The molecule has 4 nitrogen and oxygen atoms in total. The summed E-state index contributed by atoms with van der Waals surface area (Å²) in [4.78, 5) is 0. The SMILES string of the molecule is CC(C)(CO)CNc1cccc(OCC#N)c1. The van der Waals surface area contributed by atoms with Crippen molar-refractivity contribution in [1.82, 2.24) is 0 Å². The molecular formula is C13H18N2O2. The summed E-state index contributed by atoms with van der Waals surface area (Å²) in [5.41, 5.74) is 0.755. The van der Waals surface area contributed by atoms with E-state index >= 15 is 0 Å². The van der Waals surface area contributed by atoms with Gasteiger partial charge in [-0.2, -0.15) is 5.26 Å². The fraction of sp³-hybridized carbons (Fsp3) is 0.462. The lowest BCUT2D eigenvalue weighted by Crippen LogP contribution is -2.26. The van der Waals surface area contributed by atoms with Gasteiger partial charge < -0.3 is 15.2 Å². The van der Waals surface area contributed by atoms with Crippen LogP contribution in [-0.2, 0) is 0 Å². The summed E-state index contributed by atoms with van der Waals surface area (Å²) in [7, 11) is 0. The number of rotatable bonds is 6. The summed E-state index contributed by atoms with van der Waals surface area (Å²) in [6.07, 6.45) is 0. The van der Waals surface area contributed by atoms with Crippen LogP contribution in [-0.4, -0.2) is 24.9 Å². The minimum atomic E-state index is -0.163. The largest absolute Gasteiger partial charge is 0.479 e. The molecule has 2 N–H and O–H groups in total. The molecule has 0 aromatic heterocycles. The van der Waals surface area contributed by atoms with Gasteiger partial charge in [0.1, 0.15) is 11.8 Å².